The molecule has 2 nitrogen and oxygen atoms in total. The molecule has 0 aromatic carbocycles. The summed E-state index contributed by atoms with van der Waals surface area (Å²) in [7, 11) is 0. The van der Waals surface area contributed by atoms with E-state index >= 15 is 0 Å². The quantitative estimate of drug-likeness (QED) is 0.831. The van der Waals surface area contributed by atoms with Gasteiger partial charge in [-0.05, 0) is 46.8 Å². The molecular weight excluding hydrogens is 298 g/mol. The summed E-state index contributed by atoms with van der Waals surface area (Å²) in [5.41, 5.74) is 5.74. The number of halogens is 1. The minimum atomic E-state index is 0.181. The topological polar surface area (TPSA) is 43.1 Å². The molecule has 2 N–H and O–H groups in total. The minimum Gasteiger partial charge on any atom is -0.330 e. The molecule has 1 rings (SSSR count). The van der Waals surface area contributed by atoms with Gasteiger partial charge in [0.1, 0.15) is 5.78 Å². The third kappa shape index (κ3) is 5.80. The van der Waals surface area contributed by atoms with Crippen LogP contribution in [0.25, 0.3) is 0 Å². The highest BCUT2D eigenvalue weighted by molar-refractivity contribution is 9.10. The van der Waals surface area contributed by atoms with Crippen molar-refractivity contribution in [3.8, 4) is 0 Å². The first-order valence-corrected chi connectivity index (χ1v) is 7.55. The molecule has 1 aromatic rings. The maximum absolute atomic E-state index is 11.8. The Morgan fingerprint density at radius 1 is 1.47 bits per heavy atom. The molecule has 0 saturated heterocycles. The standard InChI is InChI=1S/C13H20BrNOS/c1-13(2,5-6-15)4-3-11(16)8-12-7-10(14)9-17-12/h7,9H,3-6,8,15H2,1-2H3. The van der Waals surface area contributed by atoms with Gasteiger partial charge in [0.25, 0.3) is 0 Å². The lowest BCUT2D eigenvalue weighted by molar-refractivity contribution is -0.118. The van der Waals surface area contributed by atoms with Gasteiger partial charge in [0.15, 0.2) is 0 Å². The number of carbonyl (C=O) groups excluding carboxylic acids is 1. The Morgan fingerprint density at radius 3 is 2.71 bits per heavy atom. The normalized spacial score (nSPS) is 11.8. The highest BCUT2D eigenvalue weighted by Crippen LogP contribution is 2.27. The summed E-state index contributed by atoms with van der Waals surface area (Å²) in [6.07, 6.45) is 3.12. The molecule has 0 aliphatic rings. The predicted molar refractivity (Wildman–Crippen MR) is 77.4 cm³/mol. The smallest absolute Gasteiger partial charge is 0.138 e. The lowest BCUT2D eigenvalue weighted by Gasteiger charge is -2.23. The van der Waals surface area contributed by atoms with Gasteiger partial charge >= 0.3 is 0 Å². The van der Waals surface area contributed by atoms with Crippen molar-refractivity contribution in [3.63, 3.8) is 0 Å². The van der Waals surface area contributed by atoms with Crippen LogP contribution in [0.2, 0.25) is 0 Å². The summed E-state index contributed by atoms with van der Waals surface area (Å²) in [6, 6.07) is 2.02. The van der Waals surface area contributed by atoms with Crippen molar-refractivity contribution >= 4 is 33.0 Å². The first-order valence-electron chi connectivity index (χ1n) is 5.87. The lowest BCUT2D eigenvalue weighted by atomic mass is 9.83. The molecule has 0 aliphatic carbocycles. The summed E-state index contributed by atoms with van der Waals surface area (Å²) < 4.78 is 1.06. The van der Waals surface area contributed by atoms with E-state index < -0.39 is 0 Å². The fourth-order valence-corrected chi connectivity index (χ4v) is 3.20. The van der Waals surface area contributed by atoms with Crippen LogP contribution in [0.1, 0.15) is 38.0 Å². The highest BCUT2D eigenvalue weighted by Gasteiger charge is 2.18. The van der Waals surface area contributed by atoms with E-state index in [1.807, 2.05) is 11.4 Å². The van der Waals surface area contributed by atoms with Crippen LogP contribution in [-0.4, -0.2) is 12.3 Å². The van der Waals surface area contributed by atoms with Gasteiger partial charge in [0, 0.05) is 27.6 Å². The van der Waals surface area contributed by atoms with E-state index in [0.29, 0.717) is 25.2 Å². The second-order valence-corrected chi connectivity index (χ2v) is 7.06. The van der Waals surface area contributed by atoms with Crippen LogP contribution in [0.5, 0.6) is 0 Å². The molecule has 0 aliphatic heterocycles. The van der Waals surface area contributed by atoms with Gasteiger partial charge in [-0.15, -0.1) is 11.3 Å². The number of thiophene rings is 1. The van der Waals surface area contributed by atoms with Crippen molar-refractivity contribution < 1.29 is 4.79 Å². The second kappa shape index (κ2) is 6.66. The molecule has 0 fully saturated rings. The molecule has 0 bridgehead atoms. The van der Waals surface area contributed by atoms with Crippen molar-refractivity contribution in [1.29, 1.82) is 0 Å². The molecule has 0 saturated carbocycles. The van der Waals surface area contributed by atoms with Crippen molar-refractivity contribution in [2.75, 3.05) is 6.54 Å². The number of carbonyl (C=O) groups is 1. The van der Waals surface area contributed by atoms with Gasteiger partial charge in [-0.1, -0.05) is 13.8 Å². The van der Waals surface area contributed by atoms with E-state index in [4.69, 9.17) is 5.73 Å². The lowest BCUT2D eigenvalue weighted by Crippen LogP contribution is -2.18. The molecule has 0 radical (unpaired) electrons. The van der Waals surface area contributed by atoms with E-state index in [1.54, 1.807) is 11.3 Å². The van der Waals surface area contributed by atoms with E-state index in [0.717, 1.165) is 22.2 Å². The van der Waals surface area contributed by atoms with E-state index in [1.165, 1.54) is 0 Å². The van der Waals surface area contributed by atoms with E-state index in [-0.39, 0.29) is 5.41 Å². The molecule has 96 valence electrons. The van der Waals surface area contributed by atoms with E-state index in [9.17, 15) is 4.79 Å². The molecule has 0 atom stereocenters. The Labute approximate surface area is 116 Å². The van der Waals surface area contributed by atoms with Crippen molar-refractivity contribution in [2.45, 2.75) is 39.5 Å². The van der Waals surface area contributed by atoms with Crippen LogP contribution in [0.15, 0.2) is 15.9 Å². The van der Waals surface area contributed by atoms with Crippen LogP contribution in [-0.2, 0) is 11.2 Å². The monoisotopic (exact) mass is 317 g/mol. The number of ketones is 1. The first kappa shape index (κ1) is 14.9. The first-order chi connectivity index (χ1) is 7.93. The summed E-state index contributed by atoms with van der Waals surface area (Å²) in [6.45, 7) is 5.04. The van der Waals surface area contributed by atoms with Crippen LogP contribution in [0.4, 0.5) is 0 Å². The van der Waals surface area contributed by atoms with Crippen LogP contribution in [0, 0.1) is 5.41 Å². The summed E-state index contributed by atoms with van der Waals surface area (Å²) in [5.74, 6) is 0.324. The number of rotatable bonds is 7. The largest absolute Gasteiger partial charge is 0.330 e. The SMILES string of the molecule is CC(C)(CCN)CCC(=O)Cc1cc(Br)cs1. The zero-order valence-corrected chi connectivity index (χ0v) is 12.9. The molecule has 17 heavy (non-hydrogen) atoms. The van der Waals surface area contributed by atoms with Gasteiger partial charge in [-0.2, -0.15) is 0 Å². The van der Waals surface area contributed by atoms with Crippen molar-refractivity contribution in [3.05, 3.63) is 20.8 Å². The second-order valence-electron chi connectivity index (χ2n) is 5.15. The number of hydrogen-bond donors (Lipinski definition) is 1. The Kier molecular flexibility index (Phi) is 5.83. The third-order valence-electron chi connectivity index (χ3n) is 2.89. The Balaban J connectivity index is 2.35. The van der Waals surface area contributed by atoms with Crippen molar-refractivity contribution in [2.24, 2.45) is 11.1 Å². The van der Waals surface area contributed by atoms with Crippen molar-refractivity contribution in [1.82, 2.24) is 0 Å². The van der Waals surface area contributed by atoms with Gasteiger partial charge in [0.2, 0.25) is 0 Å². The fourth-order valence-electron chi connectivity index (χ4n) is 1.72. The molecule has 0 unspecified atom stereocenters. The van der Waals surface area contributed by atoms with Gasteiger partial charge in [-0.3, -0.25) is 4.79 Å². The molecule has 0 amide bonds. The zero-order chi connectivity index (χ0) is 12.9. The summed E-state index contributed by atoms with van der Waals surface area (Å²) in [5, 5.41) is 2.01. The maximum Gasteiger partial charge on any atom is 0.138 e. The van der Waals surface area contributed by atoms with E-state index in [2.05, 4.69) is 29.8 Å². The van der Waals surface area contributed by atoms with Crippen LogP contribution < -0.4 is 5.73 Å². The van der Waals surface area contributed by atoms with Crippen LogP contribution in [0.3, 0.4) is 0 Å². The van der Waals surface area contributed by atoms with Gasteiger partial charge < -0.3 is 5.73 Å². The van der Waals surface area contributed by atoms with Gasteiger partial charge in [0.05, 0.1) is 0 Å². The molecule has 1 heterocycles. The highest BCUT2D eigenvalue weighted by atomic mass is 79.9. The average molecular weight is 318 g/mol. The Bertz CT molecular complexity index is 373. The minimum absolute atomic E-state index is 0.181. The maximum atomic E-state index is 11.8. The number of nitrogens with two attached hydrogens (primary N) is 1. The third-order valence-corrected chi connectivity index (χ3v) is 4.59. The Morgan fingerprint density at radius 2 is 2.18 bits per heavy atom. The van der Waals surface area contributed by atoms with Gasteiger partial charge in [-0.25, -0.2) is 0 Å². The molecule has 0 spiro atoms. The predicted octanol–water partition coefficient (Wildman–Crippen LogP) is 3.78. The summed E-state index contributed by atoms with van der Waals surface area (Å²) in [4.78, 5) is 13.0. The molecule has 4 heteroatoms. The molecular formula is C13H20BrNOS. The zero-order valence-electron chi connectivity index (χ0n) is 10.5. The number of Topliss-reactive ketones (excluding diaryl/α,β-unsaturated/α-hetero) is 1. The average Bonchev–Trinajstić information content (AvgIpc) is 2.61. The Hall–Kier alpha value is -0.190. The fraction of sp³-hybridized carbons (Fsp3) is 0.615. The summed E-state index contributed by atoms with van der Waals surface area (Å²) >= 11 is 5.03. The molecule has 1 aromatic heterocycles. The van der Waals surface area contributed by atoms with Crippen LogP contribution >= 0.6 is 27.3 Å². The number of hydrogen-bond acceptors (Lipinski definition) is 3.